The van der Waals surface area contributed by atoms with E-state index in [2.05, 4.69) is 53.4 Å². The first-order valence-corrected chi connectivity index (χ1v) is 7.58. The minimum Gasteiger partial charge on any atom is -0.371 e. The molecule has 1 atom stereocenters. The predicted octanol–water partition coefficient (Wildman–Crippen LogP) is 2.33. The van der Waals surface area contributed by atoms with Crippen LogP contribution in [0.5, 0.6) is 0 Å². The zero-order valence-corrected chi connectivity index (χ0v) is 12.1. The summed E-state index contributed by atoms with van der Waals surface area (Å²) in [6, 6.07) is 9.47. The van der Waals surface area contributed by atoms with Gasteiger partial charge in [-0.2, -0.15) is 0 Å². The highest BCUT2D eigenvalue weighted by molar-refractivity contribution is 5.73. The van der Waals surface area contributed by atoms with Gasteiger partial charge in [0.25, 0.3) is 0 Å². The molecule has 1 aliphatic heterocycles. The van der Waals surface area contributed by atoms with Crippen molar-refractivity contribution >= 4 is 11.4 Å². The van der Waals surface area contributed by atoms with E-state index in [1.54, 1.807) is 0 Å². The Bertz CT molecular complexity index is 428. The zero-order chi connectivity index (χ0) is 13.2. The van der Waals surface area contributed by atoms with Crippen molar-refractivity contribution in [1.29, 1.82) is 0 Å². The van der Waals surface area contributed by atoms with Crippen molar-refractivity contribution in [3.8, 4) is 0 Å². The van der Waals surface area contributed by atoms with Crippen LogP contribution in [0, 0.1) is 5.92 Å². The summed E-state index contributed by atoms with van der Waals surface area (Å²) >= 11 is 0. The van der Waals surface area contributed by atoms with Crippen LogP contribution >= 0.6 is 0 Å². The van der Waals surface area contributed by atoms with E-state index >= 15 is 0 Å². The highest BCUT2D eigenvalue weighted by Gasteiger charge is 2.33. The van der Waals surface area contributed by atoms with Crippen molar-refractivity contribution in [1.82, 2.24) is 5.32 Å². The molecule has 1 unspecified atom stereocenters. The van der Waals surface area contributed by atoms with Gasteiger partial charge in [-0.25, -0.2) is 0 Å². The maximum Gasteiger partial charge on any atom is 0.0605 e. The summed E-state index contributed by atoms with van der Waals surface area (Å²) in [6.45, 7) is 6.72. The van der Waals surface area contributed by atoms with E-state index in [-0.39, 0.29) is 0 Å². The van der Waals surface area contributed by atoms with Gasteiger partial charge in [0.1, 0.15) is 0 Å². The molecular formula is C16H25N3. The summed E-state index contributed by atoms with van der Waals surface area (Å²) in [5.41, 5.74) is 2.78. The Hall–Kier alpha value is -1.22. The minimum absolute atomic E-state index is 0.668. The second kappa shape index (κ2) is 5.41. The second-order valence-electron chi connectivity index (χ2n) is 5.86. The van der Waals surface area contributed by atoms with Crippen LogP contribution < -0.4 is 15.1 Å². The molecular weight excluding hydrogens is 234 g/mol. The summed E-state index contributed by atoms with van der Waals surface area (Å²) in [5.74, 6) is 0.909. The van der Waals surface area contributed by atoms with Crippen molar-refractivity contribution in [2.45, 2.75) is 25.8 Å². The van der Waals surface area contributed by atoms with Crippen LogP contribution in [0.25, 0.3) is 0 Å². The molecule has 1 aliphatic carbocycles. The van der Waals surface area contributed by atoms with Crippen LogP contribution in [0.4, 0.5) is 11.4 Å². The molecule has 0 aromatic heterocycles. The molecule has 0 radical (unpaired) electrons. The molecule has 1 fully saturated rings. The molecule has 1 heterocycles. The molecule has 1 aromatic carbocycles. The quantitative estimate of drug-likeness (QED) is 0.875. The number of para-hydroxylation sites is 2. The third kappa shape index (κ3) is 2.71. The Morgan fingerprint density at radius 2 is 1.95 bits per heavy atom. The summed E-state index contributed by atoms with van der Waals surface area (Å²) < 4.78 is 0. The van der Waals surface area contributed by atoms with Gasteiger partial charge in [-0.1, -0.05) is 19.1 Å². The van der Waals surface area contributed by atoms with Gasteiger partial charge in [-0.15, -0.1) is 0 Å². The van der Waals surface area contributed by atoms with Crippen LogP contribution in [0.2, 0.25) is 0 Å². The van der Waals surface area contributed by atoms with E-state index < -0.39 is 0 Å². The Labute approximate surface area is 116 Å². The lowest BCUT2D eigenvalue weighted by Gasteiger charge is -2.39. The summed E-state index contributed by atoms with van der Waals surface area (Å²) in [7, 11) is 2.19. The Morgan fingerprint density at radius 3 is 2.63 bits per heavy atom. The maximum absolute atomic E-state index is 3.68. The number of benzene rings is 1. The number of nitrogens with one attached hydrogen (secondary N) is 1. The highest BCUT2D eigenvalue weighted by Crippen LogP contribution is 2.36. The van der Waals surface area contributed by atoms with E-state index in [1.807, 2.05) is 0 Å². The number of hydrogen-bond acceptors (Lipinski definition) is 3. The maximum atomic E-state index is 3.68. The number of fused-ring (bicyclic) bond motifs is 1. The third-order valence-electron chi connectivity index (χ3n) is 4.41. The lowest BCUT2D eigenvalue weighted by atomic mass is 10.1. The number of likely N-dealkylation sites (N-methyl/N-ethyl adjacent to an activating group) is 2. The van der Waals surface area contributed by atoms with Crippen molar-refractivity contribution < 1.29 is 0 Å². The molecule has 1 N–H and O–H groups in total. The molecule has 1 saturated carbocycles. The first-order chi connectivity index (χ1) is 9.29. The van der Waals surface area contributed by atoms with Gasteiger partial charge in [0.05, 0.1) is 11.4 Å². The average molecular weight is 259 g/mol. The zero-order valence-electron chi connectivity index (χ0n) is 12.1. The number of hydrogen-bond donors (Lipinski definition) is 1. The molecule has 104 valence electrons. The highest BCUT2D eigenvalue weighted by atomic mass is 15.3. The van der Waals surface area contributed by atoms with E-state index in [0.29, 0.717) is 6.04 Å². The fraction of sp³-hybridized carbons (Fsp3) is 0.625. The largest absolute Gasteiger partial charge is 0.371 e. The normalized spacial score (nSPS) is 20.3. The van der Waals surface area contributed by atoms with E-state index in [4.69, 9.17) is 0 Å². The van der Waals surface area contributed by atoms with Gasteiger partial charge in [-0.3, -0.25) is 0 Å². The van der Waals surface area contributed by atoms with Crippen molar-refractivity contribution in [3.05, 3.63) is 24.3 Å². The summed E-state index contributed by atoms with van der Waals surface area (Å²) in [6.07, 6.45) is 2.82. The summed E-state index contributed by atoms with van der Waals surface area (Å²) in [5, 5.41) is 3.68. The fourth-order valence-corrected chi connectivity index (χ4v) is 3.13. The van der Waals surface area contributed by atoms with Crippen LogP contribution in [0.1, 0.15) is 19.8 Å². The Morgan fingerprint density at radius 1 is 1.21 bits per heavy atom. The van der Waals surface area contributed by atoms with Gasteiger partial charge in [0, 0.05) is 32.7 Å². The van der Waals surface area contributed by atoms with Gasteiger partial charge < -0.3 is 15.1 Å². The van der Waals surface area contributed by atoms with Crippen LogP contribution in [0.3, 0.4) is 0 Å². The van der Waals surface area contributed by atoms with Crippen LogP contribution in [-0.2, 0) is 0 Å². The SMILES string of the molecule is CCNC(CN1CCN(C)c2ccccc21)C1CC1. The van der Waals surface area contributed by atoms with Crippen LogP contribution in [-0.4, -0.2) is 39.3 Å². The molecule has 3 heteroatoms. The van der Waals surface area contributed by atoms with Crippen molar-refractivity contribution in [3.63, 3.8) is 0 Å². The molecule has 0 saturated heterocycles. The van der Waals surface area contributed by atoms with Gasteiger partial charge in [0.15, 0.2) is 0 Å². The first-order valence-electron chi connectivity index (χ1n) is 7.58. The summed E-state index contributed by atoms with van der Waals surface area (Å²) in [4.78, 5) is 4.94. The molecule has 1 aromatic rings. The molecule has 3 rings (SSSR count). The van der Waals surface area contributed by atoms with Gasteiger partial charge in [-0.05, 0) is 37.4 Å². The number of anilines is 2. The van der Waals surface area contributed by atoms with E-state index in [9.17, 15) is 0 Å². The lowest BCUT2D eigenvalue weighted by molar-refractivity contribution is 0.466. The molecule has 0 spiro atoms. The molecule has 19 heavy (non-hydrogen) atoms. The molecule has 0 bridgehead atoms. The Kier molecular flexibility index (Phi) is 3.65. The minimum atomic E-state index is 0.668. The number of rotatable bonds is 5. The molecule has 0 amide bonds. The predicted molar refractivity (Wildman–Crippen MR) is 82.1 cm³/mol. The smallest absolute Gasteiger partial charge is 0.0605 e. The topological polar surface area (TPSA) is 18.5 Å². The Balaban J connectivity index is 1.76. The molecule has 2 aliphatic rings. The van der Waals surface area contributed by atoms with Crippen molar-refractivity contribution in [2.24, 2.45) is 5.92 Å². The van der Waals surface area contributed by atoms with Crippen molar-refractivity contribution in [2.75, 3.05) is 43.0 Å². The van der Waals surface area contributed by atoms with Gasteiger partial charge in [0.2, 0.25) is 0 Å². The second-order valence-corrected chi connectivity index (χ2v) is 5.86. The third-order valence-corrected chi connectivity index (χ3v) is 4.41. The fourth-order valence-electron chi connectivity index (χ4n) is 3.13. The first kappa shape index (κ1) is 12.8. The lowest BCUT2D eigenvalue weighted by Crippen LogP contribution is -2.47. The van der Waals surface area contributed by atoms with Crippen LogP contribution in [0.15, 0.2) is 24.3 Å². The number of nitrogens with zero attached hydrogens (tertiary/aromatic N) is 2. The molecule has 3 nitrogen and oxygen atoms in total. The van der Waals surface area contributed by atoms with E-state index in [1.165, 1.54) is 24.2 Å². The standard InChI is InChI=1S/C16H25N3/c1-3-17-14(13-8-9-13)12-19-11-10-18(2)15-6-4-5-7-16(15)19/h4-7,13-14,17H,3,8-12H2,1-2H3. The van der Waals surface area contributed by atoms with E-state index in [0.717, 1.165) is 32.1 Å². The monoisotopic (exact) mass is 259 g/mol. The average Bonchev–Trinajstić information content (AvgIpc) is 3.26. The van der Waals surface area contributed by atoms with Gasteiger partial charge >= 0.3 is 0 Å².